The van der Waals surface area contributed by atoms with E-state index in [1.807, 2.05) is 11.6 Å². The third-order valence-electron chi connectivity index (χ3n) is 2.36. The van der Waals surface area contributed by atoms with Crippen molar-refractivity contribution < 1.29 is 9.90 Å². The van der Waals surface area contributed by atoms with Gasteiger partial charge in [-0.1, -0.05) is 0 Å². The van der Waals surface area contributed by atoms with Crippen molar-refractivity contribution in [1.82, 2.24) is 14.9 Å². The van der Waals surface area contributed by atoms with Crippen LogP contribution < -0.4 is 5.32 Å². The number of nitrogens with one attached hydrogen (secondary N) is 1. The molecule has 0 unspecified atom stereocenters. The zero-order valence-corrected chi connectivity index (χ0v) is 7.32. The number of fused-ring (bicyclic) bond motifs is 1. The molecule has 2 rings (SSSR count). The fraction of sp³-hybridized carbons (Fsp3) is 0.500. The maximum atomic E-state index is 10.7. The Balaban J connectivity index is 2.25. The molecule has 1 aliphatic rings. The highest BCUT2D eigenvalue weighted by Gasteiger charge is 2.25. The molecule has 0 aliphatic carbocycles. The van der Waals surface area contributed by atoms with Gasteiger partial charge in [-0.3, -0.25) is 10.1 Å². The molecule has 0 amide bonds. The van der Waals surface area contributed by atoms with Gasteiger partial charge in [-0.25, -0.2) is 4.98 Å². The summed E-state index contributed by atoms with van der Waals surface area (Å²) in [5.41, 5.74) is 1.98. The van der Waals surface area contributed by atoms with Crippen molar-refractivity contribution in [3.63, 3.8) is 0 Å². The first-order valence-corrected chi connectivity index (χ1v) is 4.13. The zero-order chi connectivity index (χ0) is 9.42. The van der Waals surface area contributed by atoms with Crippen LogP contribution in [0.5, 0.6) is 0 Å². The van der Waals surface area contributed by atoms with E-state index in [0.29, 0.717) is 13.0 Å². The van der Waals surface area contributed by atoms with Crippen LogP contribution in [-0.4, -0.2) is 26.7 Å². The van der Waals surface area contributed by atoms with Crippen LogP contribution in [-0.2, 0) is 24.8 Å². The zero-order valence-electron chi connectivity index (χ0n) is 7.32. The lowest BCUT2D eigenvalue weighted by Gasteiger charge is -2.20. The Morgan fingerprint density at radius 3 is 3.31 bits per heavy atom. The molecule has 0 radical (unpaired) electrons. The highest BCUT2D eigenvalue weighted by Crippen LogP contribution is 2.14. The first-order chi connectivity index (χ1) is 6.18. The number of carboxylic acid groups (broad SMARTS) is 1. The molecule has 1 aliphatic heterocycles. The van der Waals surface area contributed by atoms with Crippen molar-refractivity contribution in [3.05, 3.63) is 17.7 Å². The normalized spacial score (nSPS) is 21.2. The topological polar surface area (TPSA) is 67.2 Å². The summed E-state index contributed by atoms with van der Waals surface area (Å²) >= 11 is 0. The summed E-state index contributed by atoms with van der Waals surface area (Å²) in [5.74, 6) is -0.809. The molecular formula is C8H11N3O2. The smallest absolute Gasteiger partial charge is 0.321 e. The minimum absolute atomic E-state index is 0.478. The summed E-state index contributed by atoms with van der Waals surface area (Å²) in [5, 5.41) is 11.7. The molecule has 0 aromatic carbocycles. The molecule has 5 nitrogen and oxygen atoms in total. The van der Waals surface area contributed by atoms with Crippen LogP contribution in [0.3, 0.4) is 0 Å². The average Bonchev–Trinajstić information content (AvgIpc) is 2.47. The molecule has 0 saturated carbocycles. The van der Waals surface area contributed by atoms with Crippen LogP contribution in [0.15, 0.2) is 6.33 Å². The summed E-state index contributed by atoms with van der Waals surface area (Å²) in [6.07, 6.45) is 2.20. The van der Waals surface area contributed by atoms with E-state index < -0.39 is 12.0 Å². The number of hydrogen-bond acceptors (Lipinski definition) is 3. The molecule has 70 valence electrons. The molecule has 0 saturated heterocycles. The maximum Gasteiger partial charge on any atom is 0.321 e. The second-order valence-corrected chi connectivity index (χ2v) is 3.22. The van der Waals surface area contributed by atoms with Crippen LogP contribution in [0.25, 0.3) is 0 Å². The Hall–Kier alpha value is -1.36. The van der Waals surface area contributed by atoms with Gasteiger partial charge in [0.05, 0.1) is 17.7 Å². The minimum atomic E-state index is -0.809. The number of hydrogen-bond donors (Lipinski definition) is 2. The quantitative estimate of drug-likeness (QED) is 0.614. The molecule has 1 aromatic heterocycles. The van der Waals surface area contributed by atoms with Gasteiger partial charge in [-0.2, -0.15) is 0 Å². The van der Waals surface area contributed by atoms with Gasteiger partial charge in [-0.15, -0.1) is 0 Å². The van der Waals surface area contributed by atoms with E-state index in [1.165, 1.54) is 0 Å². The van der Waals surface area contributed by atoms with Gasteiger partial charge in [0.15, 0.2) is 0 Å². The molecular weight excluding hydrogens is 170 g/mol. The van der Waals surface area contributed by atoms with E-state index in [9.17, 15) is 4.79 Å². The van der Waals surface area contributed by atoms with Crippen molar-refractivity contribution >= 4 is 5.97 Å². The van der Waals surface area contributed by atoms with E-state index in [2.05, 4.69) is 10.3 Å². The minimum Gasteiger partial charge on any atom is -0.480 e. The van der Waals surface area contributed by atoms with Gasteiger partial charge in [0, 0.05) is 20.0 Å². The Morgan fingerprint density at radius 2 is 2.62 bits per heavy atom. The van der Waals surface area contributed by atoms with Crippen LogP contribution in [0.4, 0.5) is 0 Å². The standard InChI is InChI=1S/C8H11N3O2/c1-11-4-10-5-2-6(8(12)13)9-3-7(5)11/h4,6,9H,2-3H2,1H3,(H,12,13)/t6-/m1/s1. The fourth-order valence-corrected chi connectivity index (χ4v) is 1.56. The largest absolute Gasteiger partial charge is 0.480 e. The second kappa shape index (κ2) is 2.85. The van der Waals surface area contributed by atoms with Gasteiger partial charge in [-0.05, 0) is 0 Å². The van der Waals surface area contributed by atoms with Gasteiger partial charge in [0.2, 0.25) is 0 Å². The number of carboxylic acids is 1. The van der Waals surface area contributed by atoms with Crippen molar-refractivity contribution in [3.8, 4) is 0 Å². The van der Waals surface area contributed by atoms with Crippen molar-refractivity contribution in [1.29, 1.82) is 0 Å². The molecule has 0 bridgehead atoms. The lowest BCUT2D eigenvalue weighted by Crippen LogP contribution is -2.42. The first-order valence-electron chi connectivity index (χ1n) is 4.13. The lowest BCUT2D eigenvalue weighted by atomic mass is 10.1. The lowest BCUT2D eigenvalue weighted by molar-refractivity contribution is -0.139. The predicted octanol–water partition coefficient (Wildman–Crippen LogP) is -0.481. The third-order valence-corrected chi connectivity index (χ3v) is 2.36. The number of rotatable bonds is 1. The Morgan fingerprint density at radius 1 is 1.85 bits per heavy atom. The van der Waals surface area contributed by atoms with Gasteiger partial charge >= 0.3 is 5.97 Å². The molecule has 2 N–H and O–H groups in total. The summed E-state index contributed by atoms with van der Waals surface area (Å²) in [6, 6.07) is -0.484. The third kappa shape index (κ3) is 1.31. The van der Waals surface area contributed by atoms with Gasteiger partial charge in [0.1, 0.15) is 6.04 Å². The van der Waals surface area contributed by atoms with Gasteiger partial charge in [0.25, 0.3) is 0 Å². The first kappa shape index (κ1) is 8.25. The molecule has 1 atom stereocenters. The number of nitrogens with zero attached hydrogens (tertiary/aromatic N) is 2. The van der Waals surface area contributed by atoms with Crippen LogP contribution >= 0.6 is 0 Å². The monoisotopic (exact) mass is 181 g/mol. The SMILES string of the molecule is Cn1cnc2c1CN[C@@H](C(=O)O)C2. The molecule has 1 aromatic rings. The van der Waals surface area contributed by atoms with E-state index in [-0.39, 0.29) is 0 Å². The maximum absolute atomic E-state index is 10.7. The molecule has 0 fully saturated rings. The predicted molar refractivity (Wildman–Crippen MR) is 45.2 cm³/mol. The van der Waals surface area contributed by atoms with Gasteiger partial charge < -0.3 is 9.67 Å². The van der Waals surface area contributed by atoms with E-state index in [4.69, 9.17) is 5.11 Å². The summed E-state index contributed by atoms with van der Waals surface area (Å²) < 4.78 is 1.92. The summed E-state index contributed by atoms with van der Waals surface area (Å²) in [4.78, 5) is 14.8. The Labute approximate surface area is 75.4 Å². The van der Waals surface area contributed by atoms with Crippen molar-refractivity contribution in [2.24, 2.45) is 7.05 Å². The van der Waals surface area contributed by atoms with E-state index in [1.54, 1.807) is 6.33 Å². The van der Waals surface area contributed by atoms with Crippen LogP contribution in [0.1, 0.15) is 11.4 Å². The number of aliphatic carboxylic acids is 1. The number of aromatic nitrogens is 2. The fourth-order valence-electron chi connectivity index (χ4n) is 1.56. The summed E-state index contributed by atoms with van der Waals surface area (Å²) in [6.45, 7) is 0.586. The average molecular weight is 181 g/mol. The second-order valence-electron chi connectivity index (χ2n) is 3.22. The molecule has 13 heavy (non-hydrogen) atoms. The van der Waals surface area contributed by atoms with Crippen molar-refractivity contribution in [2.45, 2.75) is 19.0 Å². The van der Waals surface area contributed by atoms with Crippen LogP contribution in [0, 0.1) is 0 Å². The highest BCUT2D eigenvalue weighted by molar-refractivity contribution is 5.74. The Kier molecular flexibility index (Phi) is 1.81. The molecule has 0 spiro atoms. The Bertz CT molecular complexity index is 345. The van der Waals surface area contributed by atoms with E-state index >= 15 is 0 Å². The molecule has 5 heteroatoms. The van der Waals surface area contributed by atoms with Crippen LogP contribution in [0.2, 0.25) is 0 Å². The number of carbonyl (C=O) groups is 1. The number of imidazole rings is 1. The number of aryl methyl sites for hydroxylation is 1. The van der Waals surface area contributed by atoms with Crippen molar-refractivity contribution in [2.75, 3.05) is 0 Å². The molecule has 2 heterocycles. The van der Waals surface area contributed by atoms with E-state index in [0.717, 1.165) is 11.4 Å². The summed E-state index contributed by atoms with van der Waals surface area (Å²) in [7, 11) is 1.91. The highest BCUT2D eigenvalue weighted by atomic mass is 16.4.